The van der Waals surface area contributed by atoms with Crippen molar-refractivity contribution in [2.45, 2.75) is 38.0 Å². The molecule has 2 aromatic heterocycles. The molecule has 2 aliphatic carbocycles. The normalized spacial score (nSPS) is 26.3. The van der Waals surface area contributed by atoms with Crippen LogP contribution < -0.4 is 5.32 Å². The highest BCUT2D eigenvalue weighted by Gasteiger charge is 2.58. The molecule has 0 saturated heterocycles. The first-order valence-corrected chi connectivity index (χ1v) is 10.3. The lowest BCUT2D eigenvalue weighted by Gasteiger charge is -2.30. The van der Waals surface area contributed by atoms with Gasteiger partial charge in [0.15, 0.2) is 0 Å². The third-order valence-electron chi connectivity index (χ3n) is 6.62. The number of pyridine rings is 2. The third-order valence-corrected chi connectivity index (χ3v) is 6.87. The minimum Gasteiger partial charge on any atom is -0.326 e. The number of hydrogen-bond acceptors (Lipinski definition) is 3. The number of halogens is 1. The van der Waals surface area contributed by atoms with Crippen LogP contribution in [0, 0.1) is 11.3 Å². The molecule has 142 valence electrons. The Morgan fingerprint density at radius 3 is 2.64 bits per heavy atom. The number of anilines is 1. The van der Waals surface area contributed by atoms with E-state index < -0.39 is 0 Å². The highest BCUT2D eigenvalue weighted by Crippen LogP contribution is 2.63. The van der Waals surface area contributed by atoms with Gasteiger partial charge in [-0.2, -0.15) is 0 Å². The molecule has 1 amide bonds. The second-order valence-electron chi connectivity index (χ2n) is 8.18. The Hall–Kier alpha value is -2.46. The Balaban J connectivity index is 1.25. The van der Waals surface area contributed by atoms with E-state index in [0.717, 1.165) is 43.3 Å². The first-order valence-electron chi connectivity index (χ1n) is 9.90. The van der Waals surface area contributed by atoms with Gasteiger partial charge >= 0.3 is 0 Å². The quantitative estimate of drug-likeness (QED) is 0.633. The second kappa shape index (κ2) is 6.85. The molecule has 0 radical (unpaired) electrons. The molecule has 1 spiro atoms. The molecular weight excluding hydrogens is 370 g/mol. The Labute approximate surface area is 169 Å². The van der Waals surface area contributed by atoms with Crippen molar-refractivity contribution in [3.63, 3.8) is 0 Å². The van der Waals surface area contributed by atoms with Crippen molar-refractivity contribution in [3.05, 3.63) is 65.6 Å². The van der Waals surface area contributed by atoms with Crippen LogP contribution in [-0.2, 0) is 4.79 Å². The van der Waals surface area contributed by atoms with E-state index in [0.29, 0.717) is 10.9 Å². The van der Waals surface area contributed by atoms with E-state index in [1.807, 2.05) is 30.6 Å². The lowest BCUT2D eigenvalue weighted by Crippen LogP contribution is -2.22. The number of rotatable bonds is 3. The van der Waals surface area contributed by atoms with E-state index in [-0.39, 0.29) is 17.2 Å². The van der Waals surface area contributed by atoms with E-state index in [1.165, 1.54) is 10.9 Å². The molecule has 2 fully saturated rings. The smallest absolute Gasteiger partial charge is 0.228 e. The summed E-state index contributed by atoms with van der Waals surface area (Å²) in [7, 11) is 0. The van der Waals surface area contributed by atoms with Gasteiger partial charge in [0.25, 0.3) is 0 Å². The van der Waals surface area contributed by atoms with Crippen LogP contribution in [0.15, 0.2) is 55.0 Å². The molecule has 4 nitrogen and oxygen atoms in total. The van der Waals surface area contributed by atoms with Gasteiger partial charge in [-0.25, -0.2) is 0 Å². The van der Waals surface area contributed by atoms with Gasteiger partial charge in [0.2, 0.25) is 5.91 Å². The highest BCUT2D eigenvalue weighted by molar-refractivity contribution is 6.30. The molecule has 5 heteroatoms. The van der Waals surface area contributed by atoms with Crippen molar-refractivity contribution in [1.82, 2.24) is 9.97 Å². The molecule has 0 aliphatic heterocycles. The number of aromatic nitrogens is 2. The molecular formula is C23H22ClN3O. The van der Waals surface area contributed by atoms with Gasteiger partial charge in [-0.15, -0.1) is 0 Å². The van der Waals surface area contributed by atoms with E-state index in [1.54, 1.807) is 18.3 Å². The van der Waals surface area contributed by atoms with Crippen LogP contribution >= 0.6 is 11.6 Å². The zero-order chi connectivity index (χ0) is 19.1. The minimum atomic E-state index is 0.139. The van der Waals surface area contributed by atoms with Gasteiger partial charge in [0.1, 0.15) is 0 Å². The van der Waals surface area contributed by atoms with Crippen LogP contribution in [0.1, 0.15) is 43.6 Å². The highest BCUT2D eigenvalue weighted by atomic mass is 35.5. The predicted octanol–water partition coefficient (Wildman–Crippen LogP) is 5.59. The topological polar surface area (TPSA) is 54.9 Å². The molecule has 3 aromatic rings. The lowest BCUT2D eigenvalue weighted by molar-refractivity contribution is -0.118. The van der Waals surface area contributed by atoms with Gasteiger partial charge in [-0.05, 0) is 85.4 Å². The Morgan fingerprint density at radius 1 is 1.07 bits per heavy atom. The zero-order valence-electron chi connectivity index (χ0n) is 15.6. The molecule has 1 aromatic carbocycles. The van der Waals surface area contributed by atoms with Crippen molar-refractivity contribution in [1.29, 1.82) is 0 Å². The molecule has 5 rings (SSSR count). The van der Waals surface area contributed by atoms with Crippen LogP contribution in [0.2, 0.25) is 5.02 Å². The lowest BCUT2D eigenvalue weighted by atomic mass is 9.75. The molecule has 0 bridgehead atoms. The summed E-state index contributed by atoms with van der Waals surface area (Å²) in [4.78, 5) is 21.4. The minimum absolute atomic E-state index is 0.139. The molecule has 0 unspecified atom stereocenters. The van der Waals surface area contributed by atoms with Crippen molar-refractivity contribution in [2.75, 3.05) is 5.32 Å². The third kappa shape index (κ3) is 3.16. The Kier molecular flexibility index (Phi) is 4.31. The summed E-state index contributed by atoms with van der Waals surface area (Å²) in [6.45, 7) is 0. The fourth-order valence-corrected chi connectivity index (χ4v) is 5.03. The predicted molar refractivity (Wildman–Crippen MR) is 111 cm³/mol. The number of hydrogen-bond donors (Lipinski definition) is 1. The first-order chi connectivity index (χ1) is 13.6. The summed E-state index contributed by atoms with van der Waals surface area (Å²) in [5, 5.41) is 4.90. The summed E-state index contributed by atoms with van der Waals surface area (Å²) >= 11 is 5.92. The second-order valence-corrected chi connectivity index (χ2v) is 8.62. The van der Waals surface area contributed by atoms with Crippen LogP contribution in [0.25, 0.3) is 10.9 Å². The van der Waals surface area contributed by atoms with E-state index in [4.69, 9.17) is 11.6 Å². The summed E-state index contributed by atoms with van der Waals surface area (Å²) in [5.74, 6) is 0.820. The maximum absolute atomic E-state index is 12.7. The molecule has 1 N–H and O–H groups in total. The fourth-order valence-electron chi connectivity index (χ4n) is 4.90. The van der Waals surface area contributed by atoms with E-state index in [2.05, 4.69) is 21.4 Å². The number of carbonyl (C=O) groups excluding carboxylic acids is 1. The maximum Gasteiger partial charge on any atom is 0.228 e. The number of fused-ring (bicyclic) bond motifs is 1. The number of carbonyl (C=O) groups is 1. The van der Waals surface area contributed by atoms with Crippen molar-refractivity contribution < 1.29 is 4.79 Å². The molecule has 28 heavy (non-hydrogen) atoms. The average molecular weight is 392 g/mol. The Bertz CT molecular complexity index is 1020. The van der Waals surface area contributed by atoms with Gasteiger partial charge < -0.3 is 5.32 Å². The van der Waals surface area contributed by atoms with E-state index in [9.17, 15) is 4.79 Å². The molecule has 2 saturated carbocycles. The maximum atomic E-state index is 12.7. The standard InChI is InChI=1S/C23H22ClN3O/c24-16-1-3-17(4-2-16)27-22(28)20-13-23(20)9-5-15(6-10-23)18-7-12-26-21-8-11-25-14-19(18)21/h1-4,7-8,11-12,14-15,20H,5-6,9-10,13H2,(H,27,28)/t15?,20-,23?/m1/s1. The first kappa shape index (κ1) is 17.6. The molecule has 1 atom stereocenters. The van der Waals surface area contributed by atoms with Gasteiger partial charge in [0, 0.05) is 40.6 Å². The largest absolute Gasteiger partial charge is 0.326 e. The van der Waals surface area contributed by atoms with Gasteiger partial charge in [-0.3, -0.25) is 14.8 Å². The van der Waals surface area contributed by atoms with Crippen LogP contribution in [0.5, 0.6) is 0 Å². The van der Waals surface area contributed by atoms with Gasteiger partial charge in [-0.1, -0.05) is 11.6 Å². The van der Waals surface area contributed by atoms with Crippen LogP contribution in [0.3, 0.4) is 0 Å². The number of benzene rings is 1. The molecule has 2 heterocycles. The van der Waals surface area contributed by atoms with Crippen molar-refractivity contribution >= 4 is 34.1 Å². The van der Waals surface area contributed by atoms with Crippen molar-refractivity contribution in [3.8, 4) is 0 Å². The summed E-state index contributed by atoms with van der Waals surface area (Å²) in [5.41, 5.74) is 3.39. The summed E-state index contributed by atoms with van der Waals surface area (Å²) in [6.07, 6.45) is 11.1. The number of nitrogens with zero attached hydrogens (tertiary/aromatic N) is 2. The zero-order valence-corrected chi connectivity index (χ0v) is 16.3. The number of nitrogens with one attached hydrogen (secondary N) is 1. The van der Waals surface area contributed by atoms with Gasteiger partial charge in [0.05, 0.1) is 5.52 Å². The van der Waals surface area contributed by atoms with Crippen molar-refractivity contribution in [2.24, 2.45) is 11.3 Å². The average Bonchev–Trinajstić information content (AvgIpc) is 3.43. The van der Waals surface area contributed by atoms with Crippen LogP contribution in [-0.4, -0.2) is 15.9 Å². The SMILES string of the molecule is O=C(Nc1ccc(Cl)cc1)[C@H]1CC12CCC(c1ccnc3ccncc13)CC2. The summed E-state index contributed by atoms with van der Waals surface area (Å²) in [6, 6.07) is 11.4. The monoisotopic (exact) mass is 391 g/mol. The van der Waals surface area contributed by atoms with Crippen LogP contribution in [0.4, 0.5) is 5.69 Å². The molecule has 2 aliphatic rings. The van der Waals surface area contributed by atoms with E-state index >= 15 is 0 Å². The fraction of sp³-hybridized carbons (Fsp3) is 0.348. The summed E-state index contributed by atoms with van der Waals surface area (Å²) < 4.78 is 0. The Morgan fingerprint density at radius 2 is 1.86 bits per heavy atom. The number of amides is 1.